The predicted molar refractivity (Wildman–Crippen MR) is 131 cm³/mol. The van der Waals surface area contributed by atoms with E-state index in [4.69, 9.17) is 10.5 Å². The van der Waals surface area contributed by atoms with Crippen LogP contribution in [0, 0.1) is 0 Å². The van der Waals surface area contributed by atoms with Crippen molar-refractivity contribution in [2.24, 2.45) is 5.73 Å². The number of ether oxygens (including phenoxy) is 1. The van der Waals surface area contributed by atoms with Crippen molar-refractivity contribution in [2.45, 2.75) is 49.2 Å². The van der Waals surface area contributed by atoms with E-state index in [2.05, 4.69) is 4.98 Å². The lowest BCUT2D eigenvalue weighted by Gasteiger charge is -2.42. The van der Waals surface area contributed by atoms with Gasteiger partial charge in [0.25, 0.3) is 15.9 Å². The van der Waals surface area contributed by atoms with E-state index >= 15 is 0 Å². The van der Waals surface area contributed by atoms with Gasteiger partial charge in [-0.2, -0.15) is 0 Å². The first-order chi connectivity index (χ1) is 16.6. The standard InChI is InChI=1S/C26H27N3O5S/c1-26(2)24(30)22(23-18(25(27)31)9-5-13-28-23)19-15-17(11-12-21(19)34-26)35(32,33)29-14-6-8-16-7-3-4-10-20(16)29/h3-5,7,9-13,15,22,24,30H,6,8,14H2,1-2H3,(H2,27,31)/t22-,24-/m0/s1. The smallest absolute Gasteiger partial charge is 0.264 e. The summed E-state index contributed by atoms with van der Waals surface area (Å²) >= 11 is 0. The van der Waals surface area contributed by atoms with Gasteiger partial charge in [0.1, 0.15) is 17.5 Å². The van der Waals surface area contributed by atoms with E-state index < -0.39 is 33.6 Å². The second-order valence-corrected chi connectivity index (χ2v) is 11.3. The molecular weight excluding hydrogens is 466 g/mol. The van der Waals surface area contributed by atoms with Crippen molar-refractivity contribution in [3.63, 3.8) is 0 Å². The Morgan fingerprint density at radius 3 is 2.71 bits per heavy atom. The molecule has 9 heteroatoms. The van der Waals surface area contributed by atoms with Crippen LogP contribution in [0.15, 0.2) is 65.7 Å². The molecule has 1 aromatic heterocycles. The zero-order valence-corrected chi connectivity index (χ0v) is 20.3. The van der Waals surface area contributed by atoms with Gasteiger partial charge in [-0.05, 0) is 68.7 Å². The highest BCUT2D eigenvalue weighted by atomic mass is 32.2. The number of anilines is 1. The fraction of sp³-hybridized carbons (Fsp3) is 0.308. The largest absolute Gasteiger partial charge is 0.485 e. The number of aryl methyl sites for hydroxylation is 1. The SMILES string of the molecule is CC1(C)Oc2ccc(S(=O)(=O)N3CCCc4ccccc43)cc2[C@@H](c2ncccc2C(N)=O)[C@@H]1O. The Morgan fingerprint density at radius 2 is 1.94 bits per heavy atom. The number of amides is 1. The number of fused-ring (bicyclic) bond motifs is 2. The summed E-state index contributed by atoms with van der Waals surface area (Å²) in [5.41, 5.74) is 7.12. The third-order valence-corrected chi connectivity index (χ3v) is 8.58. The molecule has 2 aliphatic heterocycles. The van der Waals surface area contributed by atoms with Crippen LogP contribution in [0.1, 0.15) is 53.4 Å². The van der Waals surface area contributed by atoms with E-state index in [1.165, 1.54) is 22.6 Å². The minimum Gasteiger partial charge on any atom is -0.485 e. The Labute approximate surface area is 204 Å². The van der Waals surface area contributed by atoms with Crippen LogP contribution >= 0.6 is 0 Å². The molecule has 2 aliphatic rings. The molecule has 3 heterocycles. The highest BCUT2D eigenvalue weighted by Gasteiger charge is 2.46. The molecule has 0 unspecified atom stereocenters. The van der Waals surface area contributed by atoms with E-state index in [0.717, 1.165) is 18.4 Å². The van der Waals surface area contributed by atoms with Gasteiger partial charge in [-0.25, -0.2) is 8.42 Å². The Bertz CT molecular complexity index is 1420. The Hall–Kier alpha value is -3.43. The molecule has 0 spiro atoms. The maximum absolute atomic E-state index is 13.8. The van der Waals surface area contributed by atoms with Crippen molar-refractivity contribution in [1.82, 2.24) is 4.98 Å². The molecule has 0 aliphatic carbocycles. The van der Waals surface area contributed by atoms with Crippen molar-refractivity contribution in [1.29, 1.82) is 0 Å². The van der Waals surface area contributed by atoms with E-state index in [-0.39, 0.29) is 16.2 Å². The van der Waals surface area contributed by atoms with Gasteiger partial charge in [0.15, 0.2) is 0 Å². The second-order valence-electron chi connectivity index (χ2n) is 9.44. The molecule has 2 atom stereocenters. The van der Waals surface area contributed by atoms with E-state index in [1.54, 1.807) is 32.0 Å². The summed E-state index contributed by atoms with van der Waals surface area (Å²) < 4.78 is 35.1. The zero-order valence-electron chi connectivity index (χ0n) is 19.5. The Balaban J connectivity index is 1.67. The van der Waals surface area contributed by atoms with Gasteiger partial charge in [-0.15, -0.1) is 0 Å². The number of benzene rings is 2. The van der Waals surface area contributed by atoms with Crippen molar-refractivity contribution >= 4 is 21.6 Å². The quantitative estimate of drug-likeness (QED) is 0.576. The normalized spacial score (nSPS) is 20.9. The average Bonchev–Trinajstić information content (AvgIpc) is 2.84. The first kappa shape index (κ1) is 23.3. The number of carbonyl (C=O) groups is 1. The number of nitrogens with zero attached hydrogens (tertiary/aromatic N) is 2. The molecule has 2 aromatic carbocycles. The zero-order chi connectivity index (χ0) is 25.0. The van der Waals surface area contributed by atoms with Crippen LogP contribution in [0.4, 0.5) is 5.69 Å². The molecule has 0 bridgehead atoms. The number of rotatable bonds is 4. The number of aliphatic hydroxyl groups is 1. The van der Waals surface area contributed by atoms with Crippen LogP contribution in [0.3, 0.4) is 0 Å². The molecule has 5 rings (SSSR count). The molecule has 35 heavy (non-hydrogen) atoms. The lowest BCUT2D eigenvalue weighted by molar-refractivity contribution is -0.0519. The summed E-state index contributed by atoms with van der Waals surface area (Å²) in [6.45, 7) is 3.84. The van der Waals surface area contributed by atoms with Gasteiger partial charge in [-0.1, -0.05) is 18.2 Å². The van der Waals surface area contributed by atoms with E-state index in [9.17, 15) is 18.3 Å². The molecule has 0 saturated heterocycles. The molecule has 1 amide bonds. The lowest BCUT2D eigenvalue weighted by atomic mass is 9.78. The van der Waals surface area contributed by atoms with Crippen LogP contribution in [0.2, 0.25) is 0 Å². The van der Waals surface area contributed by atoms with Crippen molar-refractivity contribution < 1.29 is 23.1 Å². The Morgan fingerprint density at radius 1 is 1.17 bits per heavy atom. The van der Waals surface area contributed by atoms with Gasteiger partial charge in [0.2, 0.25) is 0 Å². The predicted octanol–water partition coefficient (Wildman–Crippen LogP) is 2.99. The molecule has 3 N–H and O–H groups in total. The summed E-state index contributed by atoms with van der Waals surface area (Å²) in [5, 5.41) is 11.3. The fourth-order valence-corrected chi connectivity index (χ4v) is 6.56. The molecule has 182 valence electrons. The first-order valence-electron chi connectivity index (χ1n) is 11.5. The summed E-state index contributed by atoms with van der Waals surface area (Å²) in [6, 6.07) is 15.3. The van der Waals surface area contributed by atoms with Gasteiger partial charge in [0, 0.05) is 18.3 Å². The van der Waals surface area contributed by atoms with Crippen molar-refractivity contribution in [3.05, 3.63) is 83.2 Å². The average molecular weight is 494 g/mol. The summed E-state index contributed by atoms with van der Waals surface area (Å²) in [7, 11) is -3.90. The maximum atomic E-state index is 13.8. The van der Waals surface area contributed by atoms with Gasteiger partial charge in [-0.3, -0.25) is 14.1 Å². The second kappa shape index (κ2) is 8.35. The number of hydrogen-bond donors (Lipinski definition) is 2. The molecule has 0 fully saturated rings. The lowest BCUT2D eigenvalue weighted by Crippen LogP contribution is -2.49. The van der Waals surface area contributed by atoms with Crippen LogP contribution in [0.5, 0.6) is 5.75 Å². The van der Waals surface area contributed by atoms with Gasteiger partial charge in [0.05, 0.1) is 27.8 Å². The monoisotopic (exact) mass is 493 g/mol. The van der Waals surface area contributed by atoms with Gasteiger partial charge >= 0.3 is 0 Å². The van der Waals surface area contributed by atoms with Crippen molar-refractivity contribution in [3.8, 4) is 5.75 Å². The molecule has 3 aromatic rings. The third-order valence-electron chi connectivity index (χ3n) is 6.77. The number of carbonyl (C=O) groups excluding carboxylic acids is 1. The summed E-state index contributed by atoms with van der Waals surface area (Å²) in [5.74, 6) is -1.08. The van der Waals surface area contributed by atoms with Crippen LogP contribution in [-0.4, -0.2) is 42.7 Å². The fourth-order valence-electron chi connectivity index (χ4n) is 4.98. The minimum absolute atomic E-state index is 0.0741. The third kappa shape index (κ3) is 3.84. The van der Waals surface area contributed by atoms with Crippen LogP contribution < -0.4 is 14.8 Å². The maximum Gasteiger partial charge on any atom is 0.264 e. The van der Waals surface area contributed by atoms with Crippen molar-refractivity contribution in [2.75, 3.05) is 10.8 Å². The van der Waals surface area contributed by atoms with Crippen LogP contribution in [0.25, 0.3) is 0 Å². The minimum atomic E-state index is -3.90. The van der Waals surface area contributed by atoms with E-state index in [1.807, 2.05) is 24.3 Å². The van der Waals surface area contributed by atoms with Crippen LogP contribution in [-0.2, 0) is 16.4 Å². The summed E-state index contributed by atoms with van der Waals surface area (Å²) in [6.07, 6.45) is 1.94. The molecule has 8 nitrogen and oxygen atoms in total. The number of sulfonamides is 1. The number of aliphatic hydroxyl groups excluding tert-OH is 1. The number of pyridine rings is 1. The summed E-state index contributed by atoms with van der Waals surface area (Å²) in [4.78, 5) is 16.6. The van der Waals surface area contributed by atoms with Gasteiger partial charge < -0.3 is 15.6 Å². The molecular formula is C26H27N3O5S. The highest BCUT2D eigenvalue weighted by molar-refractivity contribution is 7.92. The topological polar surface area (TPSA) is 123 Å². The number of primary amides is 1. The first-order valence-corrected chi connectivity index (χ1v) is 12.9. The van der Waals surface area contributed by atoms with E-state index in [0.29, 0.717) is 23.5 Å². The number of nitrogens with two attached hydrogens (primary N) is 1. The number of hydrogen-bond acceptors (Lipinski definition) is 6. The molecule has 0 radical (unpaired) electrons. The Kier molecular flexibility index (Phi) is 5.56. The molecule has 0 saturated carbocycles. The number of aromatic nitrogens is 1. The highest BCUT2D eigenvalue weighted by Crippen LogP contribution is 2.46. The number of para-hydroxylation sites is 1.